The molecule has 2 heterocycles. The van der Waals surface area contributed by atoms with Gasteiger partial charge in [0.2, 0.25) is 0 Å². The molecule has 1 aromatic heterocycles. The standard InChI is InChI=1S/C14H12ClN3/c1-18-5-4-13-11(8-18)14(15)10-6-9(7-16)2-3-12(10)17-13/h2-3,6H,4-5,8H2,1H3. The van der Waals surface area contributed by atoms with Crippen LogP contribution in [0.4, 0.5) is 0 Å². The summed E-state index contributed by atoms with van der Waals surface area (Å²) < 4.78 is 0. The van der Waals surface area contributed by atoms with E-state index in [0.717, 1.165) is 46.7 Å². The molecule has 1 aliphatic rings. The lowest BCUT2D eigenvalue weighted by molar-refractivity contribution is 0.310. The largest absolute Gasteiger partial charge is 0.302 e. The fraction of sp³-hybridized carbons (Fsp3) is 0.286. The fourth-order valence-corrected chi connectivity index (χ4v) is 2.71. The molecule has 4 heteroatoms. The number of fused-ring (bicyclic) bond motifs is 2. The van der Waals surface area contributed by atoms with Crippen LogP contribution in [0.5, 0.6) is 0 Å². The maximum absolute atomic E-state index is 8.95. The first-order chi connectivity index (χ1) is 8.69. The number of likely N-dealkylation sites (N-methyl/N-ethyl adjacent to an activating group) is 1. The number of nitriles is 1. The normalized spacial score (nSPS) is 15.4. The van der Waals surface area contributed by atoms with E-state index in [1.807, 2.05) is 12.1 Å². The van der Waals surface area contributed by atoms with Gasteiger partial charge in [0.05, 0.1) is 22.2 Å². The van der Waals surface area contributed by atoms with Crippen LogP contribution in [-0.4, -0.2) is 23.5 Å². The smallest absolute Gasteiger partial charge is 0.0991 e. The van der Waals surface area contributed by atoms with E-state index in [1.165, 1.54) is 0 Å². The Morgan fingerprint density at radius 1 is 1.44 bits per heavy atom. The molecule has 0 N–H and O–H groups in total. The molecule has 0 aliphatic carbocycles. The van der Waals surface area contributed by atoms with Gasteiger partial charge in [-0.25, -0.2) is 0 Å². The molecule has 0 saturated carbocycles. The lowest BCUT2D eigenvalue weighted by atomic mass is 10.0. The van der Waals surface area contributed by atoms with E-state index in [-0.39, 0.29) is 0 Å². The Morgan fingerprint density at radius 3 is 3.06 bits per heavy atom. The zero-order valence-electron chi connectivity index (χ0n) is 10.1. The summed E-state index contributed by atoms with van der Waals surface area (Å²) in [5.41, 5.74) is 3.70. The second-order valence-electron chi connectivity index (χ2n) is 4.68. The third kappa shape index (κ3) is 1.74. The van der Waals surface area contributed by atoms with E-state index in [9.17, 15) is 0 Å². The first-order valence-electron chi connectivity index (χ1n) is 5.88. The molecule has 0 spiro atoms. The summed E-state index contributed by atoms with van der Waals surface area (Å²) in [6.45, 7) is 1.84. The third-order valence-corrected chi connectivity index (χ3v) is 3.82. The molecule has 0 unspecified atom stereocenters. The van der Waals surface area contributed by atoms with E-state index >= 15 is 0 Å². The number of rotatable bonds is 0. The highest BCUT2D eigenvalue weighted by molar-refractivity contribution is 6.36. The van der Waals surface area contributed by atoms with Gasteiger partial charge in [-0.2, -0.15) is 5.26 Å². The predicted octanol–water partition coefficient (Wildman–Crippen LogP) is 2.75. The molecular formula is C14H12ClN3. The number of hydrogen-bond donors (Lipinski definition) is 0. The fourth-order valence-electron chi connectivity index (χ4n) is 2.39. The Kier molecular flexibility index (Phi) is 2.70. The third-order valence-electron chi connectivity index (χ3n) is 3.39. The van der Waals surface area contributed by atoms with Gasteiger partial charge in [-0.05, 0) is 25.2 Å². The zero-order chi connectivity index (χ0) is 12.7. The minimum Gasteiger partial charge on any atom is -0.302 e. The Morgan fingerprint density at radius 2 is 2.28 bits per heavy atom. The summed E-state index contributed by atoms with van der Waals surface area (Å²) in [4.78, 5) is 6.90. The van der Waals surface area contributed by atoms with Gasteiger partial charge < -0.3 is 4.90 Å². The van der Waals surface area contributed by atoms with Gasteiger partial charge in [0.25, 0.3) is 0 Å². The van der Waals surface area contributed by atoms with Crippen LogP contribution in [0.25, 0.3) is 10.9 Å². The van der Waals surface area contributed by atoms with Gasteiger partial charge in [0.1, 0.15) is 0 Å². The van der Waals surface area contributed by atoms with Crippen molar-refractivity contribution in [3.8, 4) is 6.07 Å². The van der Waals surface area contributed by atoms with Crippen LogP contribution in [-0.2, 0) is 13.0 Å². The lowest BCUT2D eigenvalue weighted by Gasteiger charge is -2.25. The molecule has 1 aromatic carbocycles. The molecule has 0 bridgehead atoms. The van der Waals surface area contributed by atoms with Crippen molar-refractivity contribution in [2.45, 2.75) is 13.0 Å². The molecule has 3 nitrogen and oxygen atoms in total. The van der Waals surface area contributed by atoms with Crippen LogP contribution < -0.4 is 0 Å². The second-order valence-corrected chi connectivity index (χ2v) is 5.06. The van der Waals surface area contributed by atoms with Crippen molar-refractivity contribution in [3.05, 3.63) is 40.0 Å². The topological polar surface area (TPSA) is 39.9 Å². The van der Waals surface area contributed by atoms with Gasteiger partial charge in [-0.1, -0.05) is 11.6 Å². The lowest BCUT2D eigenvalue weighted by Crippen LogP contribution is -2.27. The summed E-state index contributed by atoms with van der Waals surface area (Å²) in [6.07, 6.45) is 0.932. The van der Waals surface area contributed by atoms with Gasteiger partial charge >= 0.3 is 0 Å². The highest BCUT2D eigenvalue weighted by Crippen LogP contribution is 2.31. The number of pyridine rings is 1. The van der Waals surface area contributed by atoms with Crippen LogP contribution in [0, 0.1) is 11.3 Å². The van der Waals surface area contributed by atoms with Crippen LogP contribution in [0.3, 0.4) is 0 Å². The molecule has 0 atom stereocenters. The van der Waals surface area contributed by atoms with Crippen LogP contribution in [0.15, 0.2) is 18.2 Å². The molecule has 1 aliphatic heterocycles. The number of hydrogen-bond acceptors (Lipinski definition) is 3. The number of benzene rings is 1. The molecule has 2 aromatic rings. The number of nitrogens with zero attached hydrogens (tertiary/aromatic N) is 3. The SMILES string of the molecule is CN1CCc2nc3ccc(C#N)cc3c(Cl)c2C1. The molecule has 0 fully saturated rings. The van der Waals surface area contributed by atoms with Crippen molar-refractivity contribution < 1.29 is 0 Å². The van der Waals surface area contributed by atoms with Crippen molar-refractivity contribution in [1.82, 2.24) is 9.88 Å². The predicted molar refractivity (Wildman–Crippen MR) is 71.5 cm³/mol. The average molecular weight is 258 g/mol. The van der Waals surface area contributed by atoms with E-state index in [0.29, 0.717) is 5.56 Å². The monoisotopic (exact) mass is 257 g/mol. The molecule has 0 radical (unpaired) electrons. The summed E-state index contributed by atoms with van der Waals surface area (Å²) >= 11 is 6.48. The van der Waals surface area contributed by atoms with Crippen molar-refractivity contribution in [2.75, 3.05) is 13.6 Å². The van der Waals surface area contributed by atoms with Crippen molar-refractivity contribution >= 4 is 22.5 Å². The van der Waals surface area contributed by atoms with Crippen molar-refractivity contribution in [2.24, 2.45) is 0 Å². The summed E-state index contributed by atoms with van der Waals surface area (Å²) in [7, 11) is 2.08. The Balaban J connectivity index is 2.28. The first kappa shape index (κ1) is 11.5. The average Bonchev–Trinajstić information content (AvgIpc) is 2.40. The highest BCUT2D eigenvalue weighted by Gasteiger charge is 2.19. The number of aromatic nitrogens is 1. The van der Waals surface area contributed by atoms with E-state index < -0.39 is 0 Å². The van der Waals surface area contributed by atoms with Gasteiger partial charge in [-0.3, -0.25) is 4.98 Å². The van der Waals surface area contributed by atoms with Crippen LogP contribution >= 0.6 is 11.6 Å². The Labute approximate surface area is 111 Å². The van der Waals surface area contributed by atoms with Crippen molar-refractivity contribution in [1.29, 1.82) is 5.26 Å². The quantitative estimate of drug-likeness (QED) is 0.729. The highest BCUT2D eigenvalue weighted by atomic mass is 35.5. The van der Waals surface area contributed by atoms with Crippen LogP contribution in [0.1, 0.15) is 16.8 Å². The summed E-state index contributed by atoms with van der Waals surface area (Å²) in [5, 5.41) is 10.6. The van der Waals surface area contributed by atoms with Crippen LogP contribution in [0.2, 0.25) is 5.02 Å². The number of halogens is 1. The Bertz CT molecular complexity index is 673. The molecule has 3 rings (SSSR count). The molecule has 0 saturated heterocycles. The Hall–Kier alpha value is -1.63. The van der Waals surface area contributed by atoms with Crippen molar-refractivity contribution in [3.63, 3.8) is 0 Å². The van der Waals surface area contributed by atoms with E-state index in [4.69, 9.17) is 16.9 Å². The maximum Gasteiger partial charge on any atom is 0.0991 e. The maximum atomic E-state index is 8.95. The van der Waals surface area contributed by atoms with Gasteiger partial charge in [0.15, 0.2) is 0 Å². The van der Waals surface area contributed by atoms with Gasteiger partial charge in [-0.15, -0.1) is 0 Å². The minimum absolute atomic E-state index is 0.621. The second kappa shape index (κ2) is 4.24. The first-order valence-corrected chi connectivity index (χ1v) is 6.26. The van der Waals surface area contributed by atoms with E-state index in [2.05, 4.69) is 23.0 Å². The minimum atomic E-state index is 0.621. The molecule has 18 heavy (non-hydrogen) atoms. The van der Waals surface area contributed by atoms with E-state index in [1.54, 1.807) is 6.07 Å². The molecule has 90 valence electrons. The zero-order valence-corrected chi connectivity index (χ0v) is 10.8. The van der Waals surface area contributed by atoms with Gasteiger partial charge in [0, 0.05) is 36.2 Å². The summed E-state index contributed by atoms with van der Waals surface area (Å²) in [6, 6.07) is 7.62. The molecular weight excluding hydrogens is 246 g/mol. The summed E-state index contributed by atoms with van der Waals surface area (Å²) in [5.74, 6) is 0. The molecule has 0 amide bonds.